The predicted molar refractivity (Wildman–Crippen MR) is 108 cm³/mol. The van der Waals surface area contributed by atoms with Gasteiger partial charge in [0.1, 0.15) is 0 Å². The third-order valence-corrected chi connectivity index (χ3v) is 5.06. The van der Waals surface area contributed by atoms with Gasteiger partial charge in [0, 0.05) is 11.0 Å². The Balaban J connectivity index is 1.65. The average molecular weight is 417 g/mol. The third-order valence-electron chi connectivity index (χ3n) is 4.23. The van der Waals surface area contributed by atoms with Crippen molar-refractivity contribution in [1.29, 1.82) is 0 Å². The highest BCUT2D eigenvalue weighted by Gasteiger charge is 2.13. The topological polar surface area (TPSA) is 29.1 Å². The van der Waals surface area contributed by atoms with Gasteiger partial charge in [-0.1, -0.05) is 76.9 Å². The van der Waals surface area contributed by atoms with Crippen molar-refractivity contribution in [3.05, 3.63) is 81.3 Å². The minimum absolute atomic E-state index is 0.143. The van der Waals surface area contributed by atoms with Crippen LogP contribution in [0.3, 0.4) is 0 Å². The molecule has 3 aromatic rings. The lowest BCUT2D eigenvalue weighted by molar-refractivity contribution is 0.0948. The summed E-state index contributed by atoms with van der Waals surface area (Å²) in [4.78, 5) is 12.4. The molecule has 1 N–H and O–H groups in total. The van der Waals surface area contributed by atoms with Crippen molar-refractivity contribution < 1.29 is 4.79 Å². The van der Waals surface area contributed by atoms with Gasteiger partial charge in [0.05, 0.1) is 10.6 Å². The van der Waals surface area contributed by atoms with Crippen LogP contribution >= 0.6 is 27.5 Å². The molecule has 0 bridgehead atoms. The molecule has 1 amide bonds. The minimum Gasteiger partial charge on any atom is -0.352 e. The number of carbonyl (C=O) groups excluding carboxylic acids is 1. The standard InChI is InChI=1S/C21H19BrClNO/c1-14(11-16-7-4-6-15-5-2-3-8-18(15)16)13-24-21(25)19-12-17(22)9-10-20(19)23/h2-10,12,14H,11,13H2,1H3,(H,24,25)/t14-/m1/s1. The first-order chi connectivity index (χ1) is 12.0. The highest BCUT2D eigenvalue weighted by atomic mass is 79.9. The number of nitrogens with one attached hydrogen (secondary N) is 1. The van der Waals surface area contributed by atoms with E-state index >= 15 is 0 Å². The van der Waals surface area contributed by atoms with Gasteiger partial charge in [0.2, 0.25) is 0 Å². The molecule has 4 heteroatoms. The molecular weight excluding hydrogens is 398 g/mol. The Hall–Kier alpha value is -1.84. The summed E-state index contributed by atoms with van der Waals surface area (Å²) in [5, 5.41) is 5.97. The quantitative estimate of drug-likeness (QED) is 0.554. The maximum atomic E-state index is 12.4. The molecule has 0 aliphatic carbocycles. The number of rotatable bonds is 5. The zero-order valence-electron chi connectivity index (χ0n) is 13.9. The van der Waals surface area contributed by atoms with Crippen LogP contribution in [0.5, 0.6) is 0 Å². The van der Waals surface area contributed by atoms with Crippen molar-refractivity contribution in [2.24, 2.45) is 5.92 Å². The molecular formula is C21H19BrClNO. The predicted octanol–water partition coefficient (Wildman–Crippen LogP) is 5.86. The molecule has 128 valence electrons. The number of amides is 1. The van der Waals surface area contributed by atoms with Crippen LogP contribution in [0.25, 0.3) is 10.8 Å². The molecule has 0 radical (unpaired) electrons. The van der Waals surface area contributed by atoms with Gasteiger partial charge in [0.15, 0.2) is 0 Å². The fourth-order valence-electron chi connectivity index (χ4n) is 2.95. The van der Waals surface area contributed by atoms with Gasteiger partial charge in [-0.3, -0.25) is 4.79 Å². The molecule has 3 aromatic carbocycles. The zero-order valence-corrected chi connectivity index (χ0v) is 16.3. The number of hydrogen-bond acceptors (Lipinski definition) is 1. The van der Waals surface area contributed by atoms with Crippen molar-refractivity contribution in [3.8, 4) is 0 Å². The van der Waals surface area contributed by atoms with Gasteiger partial charge in [-0.25, -0.2) is 0 Å². The zero-order chi connectivity index (χ0) is 17.8. The van der Waals surface area contributed by atoms with Crippen molar-refractivity contribution in [2.75, 3.05) is 6.54 Å². The summed E-state index contributed by atoms with van der Waals surface area (Å²) >= 11 is 9.49. The van der Waals surface area contributed by atoms with Crippen LogP contribution < -0.4 is 5.32 Å². The van der Waals surface area contributed by atoms with Crippen LogP contribution in [0.1, 0.15) is 22.8 Å². The molecule has 3 rings (SSSR count). The van der Waals surface area contributed by atoms with E-state index in [0.717, 1.165) is 10.9 Å². The van der Waals surface area contributed by atoms with E-state index in [9.17, 15) is 4.79 Å². The maximum Gasteiger partial charge on any atom is 0.252 e. The maximum absolute atomic E-state index is 12.4. The Morgan fingerprint density at radius 1 is 1.12 bits per heavy atom. The first-order valence-electron chi connectivity index (χ1n) is 8.24. The molecule has 1 atom stereocenters. The molecule has 0 spiro atoms. The van der Waals surface area contributed by atoms with Crippen molar-refractivity contribution in [3.63, 3.8) is 0 Å². The summed E-state index contributed by atoms with van der Waals surface area (Å²) in [6, 6.07) is 20.1. The number of halogens is 2. The summed E-state index contributed by atoms with van der Waals surface area (Å²) in [5.41, 5.74) is 1.80. The molecule has 0 aromatic heterocycles. The van der Waals surface area contributed by atoms with E-state index < -0.39 is 0 Å². The average Bonchev–Trinajstić information content (AvgIpc) is 2.62. The summed E-state index contributed by atoms with van der Waals surface area (Å²) in [6.45, 7) is 2.75. The van der Waals surface area contributed by atoms with Crippen LogP contribution in [-0.2, 0) is 6.42 Å². The van der Waals surface area contributed by atoms with Gasteiger partial charge in [-0.15, -0.1) is 0 Å². The Morgan fingerprint density at radius 2 is 1.88 bits per heavy atom. The number of fused-ring (bicyclic) bond motifs is 1. The van der Waals surface area contributed by atoms with E-state index in [4.69, 9.17) is 11.6 Å². The lowest BCUT2D eigenvalue weighted by Gasteiger charge is -2.15. The number of hydrogen-bond donors (Lipinski definition) is 1. The van der Waals surface area contributed by atoms with Gasteiger partial charge in [-0.05, 0) is 46.9 Å². The summed E-state index contributed by atoms with van der Waals surface area (Å²) < 4.78 is 0.839. The highest BCUT2D eigenvalue weighted by Crippen LogP contribution is 2.22. The van der Waals surface area contributed by atoms with Crippen LogP contribution in [0.4, 0.5) is 0 Å². The fraction of sp³-hybridized carbons (Fsp3) is 0.190. The molecule has 25 heavy (non-hydrogen) atoms. The van der Waals surface area contributed by atoms with Crippen molar-refractivity contribution in [1.82, 2.24) is 5.32 Å². The molecule has 0 fully saturated rings. The van der Waals surface area contributed by atoms with E-state index in [1.54, 1.807) is 12.1 Å². The summed E-state index contributed by atoms with van der Waals surface area (Å²) in [5.74, 6) is 0.178. The minimum atomic E-state index is -0.143. The largest absolute Gasteiger partial charge is 0.352 e. The van der Waals surface area contributed by atoms with Crippen LogP contribution in [0.2, 0.25) is 5.02 Å². The second kappa shape index (κ2) is 8.03. The smallest absolute Gasteiger partial charge is 0.252 e. The molecule has 0 saturated heterocycles. The second-order valence-electron chi connectivity index (χ2n) is 6.28. The summed E-state index contributed by atoms with van der Waals surface area (Å²) in [7, 11) is 0. The summed E-state index contributed by atoms with van der Waals surface area (Å²) in [6.07, 6.45) is 0.911. The SMILES string of the molecule is C[C@@H](CNC(=O)c1cc(Br)ccc1Cl)Cc1cccc2ccccc12. The van der Waals surface area contributed by atoms with Gasteiger partial charge in [-0.2, -0.15) is 0 Å². The van der Waals surface area contributed by atoms with Gasteiger partial charge >= 0.3 is 0 Å². The Labute approximate surface area is 161 Å². The van der Waals surface area contributed by atoms with E-state index in [1.165, 1.54) is 16.3 Å². The Bertz CT molecular complexity index is 904. The van der Waals surface area contributed by atoms with E-state index in [-0.39, 0.29) is 5.91 Å². The first kappa shape index (κ1) is 18.0. The van der Waals surface area contributed by atoms with Crippen LogP contribution in [0, 0.1) is 5.92 Å². The van der Waals surface area contributed by atoms with Gasteiger partial charge < -0.3 is 5.32 Å². The molecule has 0 heterocycles. The Morgan fingerprint density at radius 3 is 2.72 bits per heavy atom. The van der Waals surface area contributed by atoms with Gasteiger partial charge in [0.25, 0.3) is 5.91 Å². The highest BCUT2D eigenvalue weighted by molar-refractivity contribution is 9.10. The second-order valence-corrected chi connectivity index (χ2v) is 7.60. The molecule has 0 saturated carbocycles. The number of benzene rings is 3. The van der Waals surface area contributed by atoms with E-state index in [2.05, 4.69) is 70.6 Å². The lowest BCUT2D eigenvalue weighted by Crippen LogP contribution is -2.29. The third kappa shape index (κ3) is 4.42. The molecule has 0 aliphatic heterocycles. The molecule has 0 unspecified atom stereocenters. The van der Waals surface area contributed by atoms with E-state index in [0.29, 0.717) is 23.0 Å². The first-order valence-corrected chi connectivity index (χ1v) is 9.41. The van der Waals surface area contributed by atoms with Crippen LogP contribution in [-0.4, -0.2) is 12.5 Å². The number of carbonyl (C=O) groups is 1. The molecule has 0 aliphatic rings. The van der Waals surface area contributed by atoms with Crippen molar-refractivity contribution >= 4 is 44.2 Å². The van der Waals surface area contributed by atoms with Crippen LogP contribution in [0.15, 0.2) is 65.1 Å². The van der Waals surface area contributed by atoms with E-state index in [1.807, 2.05) is 6.07 Å². The monoisotopic (exact) mass is 415 g/mol. The van der Waals surface area contributed by atoms with Crippen molar-refractivity contribution in [2.45, 2.75) is 13.3 Å². The lowest BCUT2D eigenvalue weighted by atomic mass is 9.96. The molecule has 2 nitrogen and oxygen atoms in total. The fourth-order valence-corrected chi connectivity index (χ4v) is 3.52. The Kier molecular flexibility index (Phi) is 5.77. The normalized spacial score (nSPS) is 12.1.